The van der Waals surface area contributed by atoms with E-state index in [9.17, 15) is 4.79 Å². The Morgan fingerprint density at radius 1 is 1.09 bits per heavy atom. The molecule has 8 heteroatoms. The molecule has 0 unspecified atom stereocenters. The van der Waals surface area contributed by atoms with Gasteiger partial charge in [-0.05, 0) is 29.7 Å². The maximum atomic E-state index is 12.8. The van der Waals surface area contributed by atoms with Gasteiger partial charge in [-0.3, -0.25) is 9.36 Å². The van der Waals surface area contributed by atoms with Crippen LogP contribution < -0.4 is 5.56 Å². The van der Waals surface area contributed by atoms with E-state index in [1.807, 2.05) is 30.5 Å². The molecule has 110 valence electrons. The second-order valence-corrected chi connectivity index (χ2v) is 5.15. The lowest BCUT2D eigenvalue weighted by molar-refractivity contribution is 0.914. The maximum Gasteiger partial charge on any atom is 0.285 e. The lowest BCUT2D eigenvalue weighted by Gasteiger charge is -2.07. The highest BCUT2D eigenvalue weighted by Gasteiger charge is 2.11. The summed E-state index contributed by atoms with van der Waals surface area (Å²) >= 11 is 0. The molecule has 0 aliphatic rings. The Morgan fingerprint density at radius 3 is 3.00 bits per heavy atom. The molecule has 0 fully saturated rings. The summed E-state index contributed by atoms with van der Waals surface area (Å²) in [5.74, 6) is 0.363. The van der Waals surface area contributed by atoms with E-state index in [1.165, 1.54) is 10.8 Å². The van der Waals surface area contributed by atoms with Crippen molar-refractivity contribution in [2.45, 2.75) is 0 Å². The van der Waals surface area contributed by atoms with E-state index in [0.29, 0.717) is 11.3 Å². The highest BCUT2D eigenvalue weighted by Crippen LogP contribution is 2.17. The van der Waals surface area contributed by atoms with Crippen molar-refractivity contribution in [2.75, 3.05) is 0 Å². The van der Waals surface area contributed by atoms with E-state index in [1.54, 1.807) is 16.8 Å². The van der Waals surface area contributed by atoms with E-state index in [2.05, 4.69) is 25.3 Å². The Bertz CT molecular complexity index is 1250. The smallest absolute Gasteiger partial charge is 0.285 e. The second-order valence-electron chi connectivity index (χ2n) is 5.15. The summed E-state index contributed by atoms with van der Waals surface area (Å²) in [6.07, 6.45) is 4.95. The molecule has 0 radical (unpaired) electrons. The number of aromatic nitrogens is 7. The third-order valence-electron chi connectivity index (χ3n) is 3.86. The van der Waals surface area contributed by atoms with Crippen LogP contribution in [0.15, 0.2) is 53.8 Å². The van der Waals surface area contributed by atoms with Crippen LogP contribution in [0.3, 0.4) is 0 Å². The van der Waals surface area contributed by atoms with Crippen LogP contribution >= 0.6 is 0 Å². The Morgan fingerprint density at radius 2 is 2.04 bits per heavy atom. The fraction of sp³-hybridized carbons (Fsp3) is 0. The average Bonchev–Trinajstić information content (AvgIpc) is 3.23. The van der Waals surface area contributed by atoms with E-state index in [-0.39, 0.29) is 11.1 Å². The number of nitrogens with one attached hydrogen (secondary N) is 1. The van der Waals surface area contributed by atoms with Crippen molar-refractivity contribution < 1.29 is 0 Å². The molecule has 5 rings (SSSR count). The van der Waals surface area contributed by atoms with Crippen LogP contribution in [-0.2, 0) is 0 Å². The average molecular weight is 303 g/mol. The van der Waals surface area contributed by atoms with Crippen LogP contribution in [0.4, 0.5) is 0 Å². The first-order valence-corrected chi connectivity index (χ1v) is 6.96. The van der Waals surface area contributed by atoms with E-state index in [0.717, 1.165) is 16.6 Å². The van der Waals surface area contributed by atoms with Crippen molar-refractivity contribution in [3.63, 3.8) is 0 Å². The van der Waals surface area contributed by atoms with Crippen molar-refractivity contribution in [1.82, 2.24) is 34.3 Å². The minimum atomic E-state index is -0.252. The van der Waals surface area contributed by atoms with Gasteiger partial charge in [0, 0.05) is 17.9 Å². The summed E-state index contributed by atoms with van der Waals surface area (Å²) in [4.78, 5) is 19.9. The number of aromatic amines is 1. The molecule has 4 aromatic heterocycles. The zero-order valence-corrected chi connectivity index (χ0v) is 11.7. The van der Waals surface area contributed by atoms with Gasteiger partial charge < -0.3 is 4.98 Å². The molecule has 0 aliphatic heterocycles. The van der Waals surface area contributed by atoms with Gasteiger partial charge >= 0.3 is 0 Å². The third-order valence-corrected chi connectivity index (χ3v) is 3.86. The van der Waals surface area contributed by atoms with Crippen molar-refractivity contribution >= 4 is 27.7 Å². The number of nitrogens with zero attached hydrogens (tertiary/aromatic N) is 6. The largest absolute Gasteiger partial charge is 0.361 e. The first-order chi connectivity index (χ1) is 11.3. The summed E-state index contributed by atoms with van der Waals surface area (Å²) in [6.45, 7) is 0. The monoisotopic (exact) mass is 303 g/mol. The van der Waals surface area contributed by atoms with Gasteiger partial charge in [-0.15, -0.1) is 10.2 Å². The lowest BCUT2D eigenvalue weighted by atomic mass is 10.2. The SMILES string of the molecule is O=c1c2nnc3ncnn3c2ccn1-c1ccc2cc[nH]c2c1. The zero-order chi connectivity index (χ0) is 15.4. The summed E-state index contributed by atoms with van der Waals surface area (Å²) in [5.41, 5.74) is 2.30. The Kier molecular flexibility index (Phi) is 2.21. The Balaban J connectivity index is 1.83. The lowest BCUT2D eigenvalue weighted by Crippen LogP contribution is -2.20. The molecule has 23 heavy (non-hydrogen) atoms. The molecule has 0 atom stereocenters. The summed E-state index contributed by atoms with van der Waals surface area (Å²) in [6, 6.07) is 9.54. The van der Waals surface area contributed by atoms with Gasteiger partial charge in [0.25, 0.3) is 11.3 Å². The van der Waals surface area contributed by atoms with Crippen molar-refractivity contribution in [2.24, 2.45) is 0 Å². The molecular weight excluding hydrogens is 294 g/mol. The summed E-state index contributed by atoms with van der Waals surface area (Å²) in [5, 5.41) is 13.1. The van der Waals surface area contributed by atoms with Gasteiger partial charge in [-0.25, -0.2) is 0 Å². The Hall–Kier alpha value is -3.55. The van der Waals surface area contributed by atoms with Gasteiger partial charge in [-0.1, -0.05) is 6.07 Å². The molecule has 0 bridgehead atoms. The van der Waals surface area contributed by atoms with Gasteiger partial charge in [0.15, 0.2) is 5.52 Å². The van der Waals surface area contributed by atoms with E-state index in [4.69, 9.17) is 0 Å². The van der Waals surface area contributed by atoms with Crippen LogP contribution in [0.25, 0.3) is 33.4 Å². The standard InChI is InChI=1S/C15H9N7O/c23-14-13-12(22-15(20-19-13)17-8-18-22)4-6-21(14)10-2-1-9-3-5-16-11(9)7-10/h1-8,16H. The molecule has 0 saturated carbocycles. The van der Waals surface area contributed by atoms with Crippen LogP contribution in [0, 0.1) is 0 Å². The Labute approximate surface area is 128 Å². The van der Waals surface area contributed by atoms with Gasteiger partial charge in [0.1, 0.15) is 11.8 Å². The molecular formula is C15H9N7O. The normalized spacial score (nSPS) is 11.7. The van der Waals surface area contributed by atoms with E-state index >= 15 is 0 Å². The number of benzene rings is 1. The number of rotatable bonds is 1. The van der Waals surface area contributed by atoms with Gasteiger partial charge in [0.2, 0.25) is 0 Å². The van der Waals surface area contributed by atoms with Crippen LogP contribution in [0.5, 0.6) is 0 Å². The highest BCUT2D eigenvalue weighted by atomic mass is 16.1. The highest BCUT2D eigenvalue weighted by molar-refractivity contribution is 5.81. The molecule has 0 spiro atoms. The molecule has 1 aromatic carbocycles. The third kappa shape index (κ3) is 1.62. The number of fused-ring (bicyclic) bond motifs is 4. The van der Waals surface area contributed by atoms with Crippen molar-refractivity contribution in [3.8, 4) is 5.69 Å². The molecule has 0 amide bonds. The summed E-state index contributed by atoms with van der Waals surface area (Å²) in [7, 11) is 0. The first-order valence-electron chi connectivity index (χ1n) is 6.96. The fourth-order valence-corrected chi connectivity index (χ4v) is 2.74. The minimum Gasteiger partial charge on any atom is -0.361 e. The number of H-pyrrole nitrogens is 1. The number of hydrogen-bond donors (Lipinski definition) is 1. The molecule has 8 nitrogen and oxygen atoms in total. The van der Waals surface area contributed by atoms with Crippen LogP contribution in [0.2, 0.25) is 0 Å². The molecule has 1 N–H and O–H groups in total. The van der Waals surface area contributed by atoms with Crippen molar-refractivity contribution in [1.29, 1.82) is 0 Å². The molecule has 5 aromatic rings. The second kappa shape index (κ2) is 4.23. The topological polar surface area (TPSA) is 93.8 Å². The fourth-order valence-electron chi connectivity index (χ4n) is 2.74. The van der Waals surface area contributed by atoms with Crippen LogP contribution in [-0.4, -0.2) is 34.3 Å². The predicted molar refractivity (Wildman–Crippen MR) is 83.5 cm³/mol. The predicted octanol–water partition coefficient (Wildman–Crippen LogP) is 1.30. The summed E-state index contributed by atoms with van der Waals surface area (Å²) < 4.78 is 3.04. The number of pyridine rings is 1. The first kappa shape index (κ1) is 12.0. The van der Waals surface area contributed by atoms with Crippen LogP contribution in [0.1, 0.15) is 0 Å². The quantitative estimate of drug-likeness (QED) is 0.504. The zero-order valence-electron chi connectivity index (χ0n) is 11.7. The number of hydrogen-bond acceptors (Lipinski definition) is 5. The van der Waals surface area contributed by atoms with E-state index < -0.39 is 0 Å². The van der Waals surface area contributed by atoms with Crippen molar-refractivity contribution in [3.05, 3.63) is 59.4 Å². The molecule has 0 aliphatic carbocycles. The minimum absolute atomic E-state index is 0.247. The maximum absolute atomic E-state index is 12.8. The molecule has 0 saturated heterocycles. The van der Waals surface area contributed by atoms with Gasteiger partial charge in [-0.2, -0.15) is 14.6 Å². The van der Waals surface area contributed by atoms with Gasteiger partial charge in [0.05, 0.1) is 5.69 Å². The molecule has 4 heterocycles.